The van der Waals surface area contributed by atoms with Crippen LogP contribution in [0, 0.1) is 5.92 Å². The van der Waals surface area contributed by atoms with E-state index in [-0.39, 0.29) is 36.8 Å². The fourth-order valence-corrected chi connectivity index (χ4v) is 5.52. The van der Waals surface area contributed by atoms with E-state index in [4.69, 9.17) is 4.74 Å². The zero-order valence-corrected chi connectivity index (χ0v) is 19.1. The summed E-state index contributed by atoms with van der Waals surface area (Å²) in [6.07, 6.45) is 4.42. The molecule has 0 aliphatic heterocycles. The molecule has 7 heteroatoms. The highest BCUT2D eigenvalue weighted by Crippen LogP contribution is 2.44. The maximum atomic E-state index is 12.8. The smallest absolute Gasteiger partial charge is 0.407 e. The number of aliphatic carboxylic acids is 1. The number of benzene rings is 2. The summed E-state index contributed by atoms with van der Waals surface area (Å²) in [4.78, 5) is 36.9. The van der Waals surface area contributed by atoms with Crippen LogP contribution in [0.3, 0.4) is 0 Å². The normalized spacial score (nSPS) is 19.1. The number of fused-ring (bicyclic) bond motifs is 3. The van der Waals surface area contributed by atoms with Crippen LogP contribution in [0.4, 0.5) is 4.79 Å². The van der Waals surface area contributed by atoms with Crippen LogP contribution in [0.15, 0.2) is 48.5 Å². The Hall–Kier alpha value is -3.35. The minimum Gasteiger partial charge on any atom is -0.480 e. The number of carbonyl (C=O) groups is 3. The number of hydrogen-bond donors (Lipinski definition) is 3. The molecule has 2 saturated carbocycles. The molecule has 0 saturated heterocycles. The topological polar surface area (TPSA) is 105 Å². The van der Waals surface area contributed by atoms with Crippen molar-refractivity contribution in [1.82, 2.24) is 10.6 Å². The molecule has 1 unspecified atom stereocenters. The zero-order chi connectivity index (χ0) is 23.7. The molecule has 2 aromatic rings. The molecule has 0 radical (unpaired) electrons. The predicted octanol–water partition coefficient (Wildman–Crippen LogP) is 4.21. The van der Waals surface area contributed by atoms with Gasteiger partial charge in [-0.15, -0.1) is 0 Å². The van der Waals surface area contributed by atoms with Gasteiger partial charge in [0.05, 0.1) is 0 Å². The van der Waals surface area contributed by atoms with Gasteiger partial charge in [0.25, 0.3) is 0 Å². The zero-order valence-electron chi connectivity index (χ0n) is 19.1. The average molecular weight is 463 g/mol. The van der Waals surface area contributed by atoms with E-state index in [1.807, 2.05) is 24.3 Å². The fourth-order valence-electron chi connectivity index (χ4n) is 5.52. The van der Waals surface area contributed by atoms with Gasteiger partial charge in [-0.2, -0.15) is 0 Å². The highest BCUT2D eigenvalue weighted by Gasteiger charge is 2.51. The van der Waals surface area contributed by atoms with Gasteiger partial charge in [0, 0.05) is 18.4 Å². The molecule has 5 rings (SSSR count). The largest absolute Gasteiger partial charge is 0.480 e. The van der Waals surface area contributed by atoms with Gasteiger partial charge in [0.1, 0.15) is 12.1 Å². The Morgan fingerprint density at radius 1 is 0.971 bits per heavy atom. The first-order chi connectivity index (χ1) is 16.5. The van der Waals surface area contributed by atoms with Crippen molar-refractivity contribution in [3.05, 3.63) is 59.7 Å². The van der Waals surface area contributed by atoms with E-state index in [0.29, 0.717) is 12.8 Å². The molecule has 7 nitrogen and oxygen atoms in total. The number of amides is 2. The molecule has 2 amide bonds. The predicted molar refractivity (Wildman–Crippen MR) is 126 cm³/mol. The summed E-state index contributed by atoms with van der Waals surface area (Å²) < 4.78 is 5.69. The van der Waals surface area contributed by atoms with Gasteiger partial charge in [0.2, 0.25) is 5.91 Å². The number of hydrogen-bond acceptors (Lipinski definition) is 4. The summed E-state index contributed by atoms with van der Waals surface area (Å²) in [5.74, 6) is -1.18. The number of nitrogens with one attached hydrogen (secondary N) is 2. The first kappa shape index (κ1) is 22.4. The van der Waals surface area contributed by atoms with Gasteiger partial charge >= 0.3 is 12.1 Å². The van der Waals surface area contributed by atoms with Crippen LogP contribution in [-0.4, -0.2) is 41.3 Å². The maximum Gasteiger partial charge on any atom is 0.407 e. The van der Waals surface area contributed by atoms with E-state index >= 15 is 0 Å². The van der Waals surface area contributed by atoms with Crippen molar-refractivity contribution in [2.75, 3.05) is 6.61 Å². The molecular formula is C27H30N2O5. The third kappa shape index (κ3) is 4.39. The summed E-state index contributed by atoms with van der Waals surface area (Å²) in [6.45, 7) is 0.214. The molecule has 1 atom stereocenters. The second kappa shape index (κ2) is 9.12. The lowest BCUT2D eigenvalue weighted by Gasteiger charge is -2.25. The van der Waals surface area contributed by atoms with E-state index in [0.717, 1.165) is 36.8 Å². The third-order valence-electron chi connectivity index (χ3n) is 7.56. The molecule has 178 valence electrons. The van der Waals surface area contributed by atoms with E-state index < -0.39 is 17.6 Å². The molecule has 0 bridgehead atoms. The average Bonchev–Trinajstić information content (AvgIpc) is 3.28. The molecule has 0 aromatic heterocycles. The van der Waals surface area contributed by atoms with Crippen molar-refractivity contribution < 1.29 is 24.2 Å². The number of ether oxygens (including phenoxy) is 1. The van der Waals surface area contributed by atoms with Crippen LogP contribution in [0.25, 0.3) is 11.1 Å². The number of carboxylic acid groups (broad SMARTS) is 1. The monoisotopic (exact) mass is 462 g/mol. The lowest BCUT2D eigenvalue weighted by Crippen LogP contribution is -2.48. The Kier molecular flexibility index (Phi) is 6.02. The number of carbonyl (C=O) groups excluding carboxylic acids is 2. The quantitative estimate of drug-likeness (QED) is 0.545. The van der Waals surface area contributed by atoms with Crippen LogP contribution < -0.4 is 10.6 Å². The van der Waals surface area contributed by atoms with Crippen molar-refractivity contribution in [3.63, 3.8) is 0 Å². The number of rotatable bonds is 8. The molecule has 2 fully saturated rings. The molecule has 3 aliphatic carbocycles. The Bertz CT molecular complexity index is 1060. The molecule has 3 N–H and O–H groups in total. The summed E-state index contributed by atoms with van der Waals surface area (Å²) >= 11 is 0. The SMILES string of the molecule is O=C(CC(NC(=O)OCC1c2ccccc2-c2ccccc21)C1CCCC1)NC1(C(=O)O)CC1. The lowest BCUT2D eigenvalue weighted by molar-refractivity contribution is -0.143. The van der Waals surface area contributed by atoms with Gasteiger partial charge in [-0.1, -0.05) is 61.4 Å². The summed E-state index contributed by atoms with van der Waals surface area (Å²) in [5, 5.41) is 14.9. The van der Waals surface area contributed by atoms with E-state index in [1.54, 1.807) is 0 Å². The standard InChI is InChI=1S/C27H30N2O5/c30-24(29-27(13-14-27)25(31)32)15-23(17-7-1-2-8-17)28-26(33)34-16-22-20-11-5-3-9-18(20)19-10-4-6-12-21(19)22/h3-6,9-12,17,22-23H,1-2,7-8,13-16H2,(H,28,33)(H,29,30)(H,31,32). The minimum absolute atomic E-state index is 0.0309. The lowest BCUT2D eigenvalue weighted by atomic mass is 9.95. The Morgan fingerprint density at radius 2 is 1.56 bits per heavy atom. The highest BCUT2D eigenvalue weighted by molar-refractivity contribution is 5.90. The maximum absolute atomic E-state index is 12.8. The Labute approximate surface area is 198 Å². The van der Waals surface area contributed by atoms with Crippen LogP contribution in [-0.2, 0) is 14.3 Å². The highest BCUT2D eigenvalue weighted by atomic mass is 16.5. The molecule has 34 heavy (non-hydrogen) atoms. The first-order valence-corrected chi connectivity index (χ1v) is 12.1. The van der Waals surface area contributed by atoms with Crippen LogP contribution in [0.5, 0.6) is 0 Å². The van der Waals surface area contributed by atoms with Gasteiger partial charge in [-0.05, 0) is 53.9 Å². The molecule has 3 aliphatic rings. The van der Waals surface area contributed by atoms with Gasteiger partial charge in [-0.25, -0.2) is 9.59 Å². The van der Waals surface area contributed by atoms with Gasteiger partial charge in [0.15, 0.2) is 0 Å². The van der Waals surface area contributed by atoms with Crippen molar-refractivity contribution in [1.29, 1.82) is 0 Å². The molecule has 0 spiro atoms. The summed E-state index contributed by atoms with van der Waals surface area (Å²) in [6, 6.07) is 16.0. The number of alkyl carbamates (subject to hydrolysis) is 1. The van der Waals surface area contributed by atoms with E-state index in [2.05, 4.69) is 34.9 Å². The summed E-state index contributed by atoms with van der Waals surface area (Å²) in [5.41, 5.74) is 3.50. The molecule has 0 heterocycles. The minimum atomic E-state index is -1.12. The second-order valence-corrected chi connectivity index (χ2v) is 9.76. The second-order valence-electron chi connectivity index (χ2n) is 9.76. The first-order valence-electron chi connectivity index (χ1n) is 12.1. The van der Waals surface area contributed by atoms with Crippen molar-refractivity contribution >= 4 is 18.0 Å². The van der Waals surface area contributed by atoms with E-state index in [1.165, 1.54) is 11.1 Å². The molecular weight excluding hydrogens is 432 g/mol. The van der Waals surface area contributed by atoms with Crippen LogP contribution in [0.2, 0.25) is 0 Å². The fraction of sp³-hybridized carbons (Fsp3) is 0.444. The summed E-state index contributed by atoms with van der Waals surface area (Å²) in [7, 11) is 0. The third-order valence-corrected chi connectivity index (χ3v) is 7.56. The van der Waals surface area contributed by atoms with Crippen molar-refractivity contribution in [2.24, 2.45) is 5.92 Å². The van der Waals surface area contributed by atoms with Crippen LogP contribution >= 0.6 is 0 Å². The number of carboxylic acids is 1. The van der Waals surface area contributed by atoms with E-state index in [9.17, 15) is 19.5 Å². The van der Waals surface area contributed by atoms with Gasteiger partial charge < -0.3 is 20.5 Å². The van der Waals surface area contributed by atoms with Crippen molar-refractivity contribution in [2.45, 2.75) is 62.4 Å². The van der Waals surface area contributed by atoms with Gasteiger partial charge in [-0.3, -0.25) is 4.79 Å². The van der Waals surface area contributed by atoms with Crippen molar-refractivity contribution in [3.8, 4) is 11.1 Å². The Balaban J connectivity index is 1.23. The molecule has 2 aromatic carbocycles. The Morgan fingerprint density at radius 3 is 2.12 bits per heavy atom. The van der Waals surface area contributed by atoms with Crippen LogP contribution in [0.1, 0.15) is 62.0 Å².